The van der Waals surface area contributed by atoms with Crippen LogP contribution >= 0.6 is 0 Å². The second kappa shape index (κ2) is 5.11. The van der Waals surface area contributed by atoms with Gasteiger partial charge in [-0.3, -0.25) is 0 Å². The summed E-state index contributed by atoms with van der Waals surface area (Å²) in [5.74, 6) is 0.622. The van der Waals surface area contributed by atoms with Crippen LogP contribution in [0.3, 0.4) is 0 Å². The smallest absolute Gasteiger partial charge is 0.143 e. The van der Waals surface area contributed by atoms with Crippen molar-refractivity contribution in [3.05, 3.63) is 48.0 Å². The number of ether oxygens (including phenoxy) is 1. The summed E-state index contributed by atoms with van der Waals surface area (Å²) in [7, 11) is 1.57. The summed E-state index contributed by atoms with van der Waals surface area (Å²) in [6, 6.07) is 14.7. The number of benzene rings is 2. The van der Waals surface area contributed by atoms with Crippen LogP contribution in [0.15, 0.2) is 42.5 Å². The summed E-state index contributed by atoms with van der Waals surface area (Å²) in [6.45, 7) is 0. The Bertz CT molecular complexity index is 602. The molecule has 0 heterocycles. The Hall–Kier alpha value is -2.67. The fourth-order valence-electron chi connectivity index (χ4n) is 1.64. The summed E-state index contributed by atoms with van der Waals surface area (Å²) in [4.78, 5) is 0. The lowest BCUT2D eigenvalue weighted by Gasteiger charge is -2.11. The molecule has 4 heteroatoms. The first-order valence-electron chi connectivity index (χ1n) is 5.43. The van der Waals surface area contributed by atoms with E-state index in [9.17, 15) is 0 Å². The van der Waals surface area contributed by atoms with Gasteiger partial charge in [-0.25, -0.2) is 0 Å². The highest BCUT2D eigenvalue weighted by Crippen LogP contribution is 2.29. The van der Waals surface area contributed by atoms with Gasteiger partial charge < -0.3 is 15.8 Å². The van der Waals surface area contributed by atoms with Crippen LogP contribution in [0, 0.1) is 11.3 Å². The zero-order valence-electron chi connectivity index (χ0n) is 9.97. The average molecular weight is 239 g/mol. The number of rotatable bonds is 3. The molecule has 0 fully saturated rings. The number of nitriles is 1. The molecule has 0 bridgehead atoms. The topological polar surface area (TPSA) is 71.1 Å². The van der Waals surface area contributed by atoms with Gasteiger partial charge in [-0.1, -0.05) is 6.07 Å². The van der Waals surface area contributed by atoms with Crippen molar-refractivity contribution in [2.45, 2.75) is 0 Å². The van der Waals surface area contributed by atoms with E-state index < -0.39 is 0 Å². The molecule has 0 unspecified atom stereocenters. The molecule has 18 heavy (non-hydrogen) atoms. The van der Waals surface area contributed by atoms with Crippen LogP contribution in [0.5, 0.6) is 5.75 Å². The van der Waals surface area contributed by atoms with Gasteiger partial charge in [0.1, 0.15) is 5.75 Å². The Morgan fingerprint density at radius 3 is 2.72 bits per heavy atom. The molecular formula is C14H13N3O. The van der Waals surface area contributed by atoms with Gasteiger partial charge in [0.15, 0.2) is 0 Å². The Labute approximate surface area is 106 Å². The number of methoxy groups -OCH3 is 1. The normalized spacial score (nSPS) is 9.56. The molecule has 2 aromatic rings. The quantitative estimate of drug-likeness (QED) is 0.808. The van der Waals surface area contributed by atoms with Crippen molar-refractivity contribution in [3.63, 3.8) is 0 Å². The molecule has 90 valence electrons. The highest BCUT2D eigenvalue weighted by Gasteiger charge is 2.04. The number of nitrogens with one attached hydrogen (secondary N) is 1. The highest BCUT2D eigenvalue weighted by molar-refractivity contribution is 5.69. The Balaban J connectivity index is 2.32. The maximum Gasteiger partial charge on any atom is 0.143 e. The maximum absolute atomic E-state index is 8.83. The van der Waals surface area contributed by atoms with E-state index in [0.717, 1.165) is 11.4 Å². The molecule has 0 amide bonds. The van der Waals surface area contributed by atoms with Gasteiger partial charge in [0.05, 0.1) is 24.4 Å². The van der Waals surface area contributed by atoms with Crippen molar-refractivity contribution >= 4 is 17.1 Å². The lowest BCUT2D eigenvalue weighted by Crippen LogP contribution is -1.96. The zero-order valence-corrected chi connectivity index (χ0v) is 9.97. The van der Waals surface area contributed by atoms with Crippen molar-refractivity contribution < 1.29 is 4.74 Å². The monoisotopic (exact) mass is 239 g/mol. The molecular weight excluding hydrogens is 226 g/mol. The first-order chi connectivity index (χ1) is 8.72. The molecule has 0 radical (unpaired) electrons. The third-order valence-corrected chi connectivity index (χ3v) is 2.50. The molecule has 0 saturated heterocycles. The van der Waals surface area contributed by atoms with E-state index in [-0.39, 0.29) is 0 Å². The predicted molar refractivity (Wildman–Crippen MR) is 71.8 cm³/mol. The summed E-state index contributed by atoms with van der Waals surface area (Å²) in [6.07, 6.45) is 0. The molecule has 0 aromatic heterocycles. The van der Waals surface area contributed by atoms with Crippen molar-refractivity contribution in [3.8, 4) is 11.8 Å². The van der Waals surface area contributed by atoms with Crippen LogP contribution in [-0.2, 0) is 0 Å². The van der Waals surface area contributed by atoms with E-state index in [1.807, 2.05) is 24.3 Å². The SMILES string of the molecule is COc1cc(C#N)ccc1Nc1cccc(N)c1. The largest absolute Gasteiger partial charge is 0.495 e. The van der Waals surface area contributed by atoms with E-state index in [0.29, 0.717) is 17.0 Å². The molecule has 0 spiro atoms. The predicted octanol–water partition coefficient (Wildman–Crippen LogP) is 2.89. The van der Waals surface area contributed by atoms with Gasteiger partial charge in [-0.15, -0.1) is 0 Å². The van der Waals surface area contributed by atoms with E-state index in [2.05, 4.69) is 11.4 Å². The molecule has 3 N–H and O–H groups in total. The maximum atomic E-state index is 8.83. The standard InChI is InChI=1S/C14H13N3O/c1-18-14-7-10(9-15)5-6-13(14)17-12-4-2-3-11(16)8-12/h2-8,17H,16H2,1H3. The summed E-state index contributed by atoms with van der Waals surface area (Å²) in [5.41, 5.74) is 8.63. The lowest BCUT2D eigenvalue weighted by atomic mass is 10.2. The third-order valence-electron chi connectivity index (χ3n) is 2.50. The fourth-order valence-corrected chi connectivity index (χ4v) is 1.64. The number of nitrogens with two attached hydrogens (primary N) is 1. The highest BCUT2D eigenvalue weighted by atomic mass is 16.5. The molecule has 0 saturated carbocycles. The number of hydrogen-bond acceptors (Lipinski definition) is 4. The number of hydrogen-bond donors (Lipinski definition) is 2. The molecule has 0 aliphatic heterocycles. The van der Waals surface area contributed by atoms with E-state index in [1.54, 1.807) is 25.3 Å². The van der Waals surface area contributed by atoms with E-state index in [1.165, 1.54) is 0 Å². The van der Waals surface area contributed by atoms with Crippen molar-refractivity contribution in [1.82, 2.24) is 0 Å². The average Bonchev–Trinajstić information content (AvgIpc) is 2.39. The van der Waals surface area contributed by atoms with Crippen LogP contribution < -0.4 is 15.8 Å². The van der Waals surface area contributed by atoms with E-state index >= 15 is 0 Å². The third kappa shape index (κ3) is 2.53. The minimum Gasteiger partial charge on any atom is -0.495 e. The van der Waals surface area contributed by atoms with Gasteiger partial charge >= 0.3 is 0 Å². The molecule has 4 nitrogen and oxygen atoms in total. The summed E-state index contributed by atoms with van der Waals surface area (Å²) >= 11 is 0. The van der Waals surface area contributed by atoms with Gasteiger partial charge in [0.25, 0.3) is 0 Å². The number of nitrogen functional groups attached to an aromatic ring is 1. The minimum absolute atomic E-state index is 0.560. The van der Waals surface area contributed by atoms with Crippen LogP contribution in [0.25, 0.3) is 0 Å². The number of anilines is 3. The Kier molecular flexibility index (Phi) is 3.35. The lowest BCUT2D eigenvalue weighted by molar-refractivity contribution is 0.416. The van der Waals surface area contributed by atoms with Gasteiger partial charge in [0, 0.05) is 17.4 Å². The molecule has 0 atom stereocenters. The van der Waals surface area contributed by atoms with Crippen LogP contribution in [0.4, 0.5) is 17.1 Å². The van der Waals surface area contributed by atoms with Crippen molar-refractivity contribution in [2.75, 3.05) is 18.2 Å². The first-order valence-corrected chi connectivity index (χ1v) is 5.43. The summed E-state index contributed by atoms with van der Waals surface area (Å²) in [5, 5.41) is 12.0. The number of nitrogens with zero attached hydrogens (tertiary/aromatic N) is 1. The minimum atomic E-state index is 0.560. The fraction of sp³-hybridized carbons (Fsp3) is 0.0714. The van der Waals surface area contributed by atoms with Crippen LogP contribution in [0.2, 0.25) is 0 Å². The van der Waals surface area contributed by atoms with Crippen molar-refractivity contribution in [1.29, 1.82) is 5.26 Å². The van der Waals surface area contributed by atoms with E-state index in [4.69, 9.17) is 15.7 Å². The Morgan fingerprint density at radius 2 is 2.06 bits per heavy atom. The zero-order chi connectivity index (χ0) is 13.0. The molecule has 2 rings (SSSR count). The van der Waals surface area contributed by atoms with Crippen LogP contribution in [0.1, 0.15) is 5.56 Å². The van der Waals surface area contributed by atoms with Crippen molar-refractivity contribution in [2.24, 2.45) is 0 Å². The summed E-state index contributed by atoms with van der Waals surface area (Å²) < 4.78 is 5.25. The van der Waals surface area contributed by atoms with Gasteiger partial charge in [-0.2, -0.15) is 5.26 Å². The second-order valence-corrected chi connectivity index (χ2v) is 3.78. The van der Waals surface area contributed by atoms with Gasteiger partial charge in [0.2, 0.25) is 0 Å². The molecule has 0 aliphatic rings. The molecule has 2 aromatic carbocycles. The second-order valence-electron chi connectivity index (χ2n) is 3.78. The van der Waals surface area contributed by atoms with Crippen LogP contribution in [-0.4, -0.2) is 7.11 Å². The van der Waals surface area contributed by atoms with Gasteiger partial charge in [-0.05, 0) is 30.3 Å². The first kappa shape index (κ1) is 11.8. The Morgan fingerprint density at radius 1 is 1.22 bits per heavy atom. The molecule has 0 aliphatic carbocycles.